The van der Waals surface area contributed by atoms with Crippen LogP contribution in [0.15, 0.2) is 4.99 Å². The highest BCUT2D eigenvalue weighted by Crippen LogP contribution is 2.00. The minimum atomic E-state index is 0. The predicted molar refractivity (Wildman–Crippen MR) is 111 cm³/mol. The van der Waals surface area contributed by atoms with Crippen LogP contribution in [-0.2, 0) is 13.6 Å². The molecule has 1 aromatic rings. The highest BCUT2D eigenvalue weighted by molar-refractivity contribution is 14.0. The molecule has 0 aliphatic carbocycles. The largest absolute Gasteiger partial charge is 0.354 e. The van der Waals surface area contributed by atoms with Gasteiger partial charge in [0.2, 0.25) is 0 Å². The van der Waals surface area contributed by atoms with Crippen LogP contribution in [0.1, 0.15) is 45.3 Å². The average Bonchev–Trinajstić information content (AvgIpc) is 2.87. The second-order valence-electron chi connectivity index (χ2n) is 5.86. The molecule has 1 aromatic heterocycles. The lowest BCUT2D eigenvalue weighted by Gasteiger charge is -2.21. The van der Waals surface area contributed by atoms with Gasteiger partial charge in [-0.3, -0.25) is 4.99 Å². The molecule has 0 aliphatic heterocycles. The first-order valence-corrected chi connectivity index (χ1v) is 8.56. The summed E-state index contributed by atoms with van der Waals surface area (Å²) in [5.41, 5.74) is 0. The molecule has 0 amide bonds. The third kappa shape index (κ3) is 7.78. The smallest absolute Gasteiger partial charge is 0.191 e. The molecule has 0 aromatic carbocycles. The fourth-order valence-corrected chi connectivity index (χ4v) is 2.43. The summed E-state index contributed by atoms with van der Waals surface area (Å²) >= 11 is 0. The number of hydrogen-bond donors (Lipinski definition) is 2. The minimum absolute atomic E-state index is 0. The molecule has 0 spiro atoms. The molecule has 0 aliphatic rings. The zero-order valence-corrected chi connectivity index (χ0v) is 18.3. The SMILES string of the molecule is CCN(CC)CCCC(C)NC(=NC)NCc1nnc(C)n1C.I. The van der Waals surface area contributed by atoms with Gasteiger partial charge in [-0.25, -0.2) is 0 Å². The van der Waals surface area contributed by atoms with E-state index in [1.807, 2.05) is 18.5 Å². The van der Waals surface area contributed by atoms with Gasteiger partial charge in [0.05, 0.1) is 6.54 Å². The number of aromatic nitrogens is 3. The van der Waals surface area contributed by atoms with Crippen molar-refractivity contribution < 1.29 is 0 Å². The molecule has 0 saturated carbocycles. The molecule has 7 nitrogen and oxygen atoms in total. The van der Waals surface area contributed by atoms with Crippen molar-refractivity contribution in [1.82, 2.24) is 30.3 Å². The van der Waals surface area contributed by atoms with Crippen LogP contribution in [0, 0.1) is 6.92 Å². The fourth-order valence-electron chi connectivity index (χ4n) is 2.43. The van der Waals surface area contributed by atoms with E-state index >= 15 is 0 Å². The molecule has 0 fully saturated rings. The molecule has 0 saturated heterocycles. The standard InChI is InChI=1S/C16H33N7.HI/c1-7-23(8-2)11-9-10-13(3)19-16(17-5)18-12-15-21-20-14(4)22(15)6;/h13H,7-12H2,1-6H3,(H2,17,18,19);1H. The number of rotatable bonds is 9. The van der Waals surface area contributed by atoms with Crippen LogP contribution in [0.2, 0.25) is 0 Å². The number of halogens is 1. The molecule has 1 atom stereocenters. The van der Waals surface area contributed by atoms with Gasteiger partial charge in [-0.1, -0.05) is 13.8 Å². The Balaban J connectivity index is 0.00000529. The summed E-state index contributed by atoms with van der Waals surface area (Å²) in [6.45, 7) is 12.6. The Hall–Kier alpha value is -0.900. The molecule has 24 heavy (non-hydrogen) atoms. The summed E-state index contributed by atoms with van der Waals surface area (Å²) in [7, 11) is 3.76. The van der Waals surface area contributed by atoms with Gasteiger partial charge in [0.1, 0.15) is 5.82 Å². The van der Waals surface area contributed by atoms with E-state index in [2.05, 4.69) is 51.5 Å². The Morgan fingerprint density at radius 2 is 1.96 bits per heavy atom. The highest BCUT2D eigenvalue weighted by atomic mass is 127. The van der Waals surface area contributed by atoms with E-state index in [1.165, 1.54) is 6.42 Å². The Bertz CT molecular complexity index is 483. The minimum Gasteiger partial charge on any atom is -0.354 e. The lowest BCUT2D eigenvalue weighted by Crippen LogP contribution is -2.42. The summed E-state index contributed by atoms with van der Waals surface area (Å²) < 4.78 is 1.98. The van der Waals surface area contributed by atoms with Gasteiger partial charge in [0.25, 0.3) is 0 Å². The van der Waals surface area contributed by atoms with Crippen LogP contribution >= 0.6 is 24.0 Å². The predicted octanol–water partition coefficient (Wildman–Crippen LogP) is 1.92. The van der Waals surface area contributed by atoms with Crippen LogP contribution in [0.5, 0.6) is 0 Å². The first kappa shape index (κ1) is 23.1. The Morgan fingerprint density at radius 1 is 1.29 bits per heavy atom. The van der Waals surface area contributed by atoms with E-state index in [0.717, 1.165) is 43.7 Å². The Kier molecular flexibility index (Phi) is 12.0. The molecular weight excluding hydrogens is 417 g/mol. The number of aliphatic imine (C=N–C) groups is 1. The lowest BCUT2D eigenvalue weighted by molar-refractivity contribution is 0.292. The molecule has 140 valence electrons. The van der Waals surface area contributed by atoms with Crippen molar-refractivity contribution in [3.8, 4) is 0 Å². The summed E-state index contributed by atoms with van der Waals surface area (Å²) in [4.78, 5) is 6.74. The maximum atomic E-state index is 4.28. The normalized spacial score (nSPS) is 12.9. The third-order valence-electron chi connectivity index (χ3n) is 4.21. The van der Waals surface area contributed by atoms with E-state index in [4.69, 9.17) is 0 Å². The highest BCUT2D eigenvalue weighted by Gasteiger charge is 2.09. The summed E-state index contributed by atoms with van der Waals surface area (Å²) in [6, 6.07) is 0.387. The number of hydrogen-bond acceptors (Lipinski definition) is 4. The number of aryl methyl sites for hydroxylation is 1. The molecule has 0 radical (unpaired) electrons. The van der Waals surface area contributed by atoms with Gasteiger partial charge < -0.3 is 20.1 Å². The first-order chi connectivity index (χ1) is 11.0. The molecule has 1 rings (SSSR count). The van der Waals surface area contributed by atoms with Crippen LogP contribution in [0.4, 0.5) is 0 Å². The molecule has 1 heterocycles. The van der Waals surface area contributed by atoms with Crippen LogP contribution < -0.4 is 10.6 Å². The molecule has 1 unspecified atom stereocenters. The van der Waals surface area contributed by atoms with Crippen molar-refractivity contribution >= 4 is 29.9 Å². The fraction of sp³-hybridized carbons (Fsp3) is 0.812. The quantitative estimate of drug-likeness (QED) is 0.341. The lowest BCUT2D eigenvalue weighted by atomic mass is 10.2. The van der Waals surface area contributed by atoms with Crippen molar-refractivity contribution in [2.24, 2.45) is 12.0 Å². The Labute approximate surface area is 163 Å². The second-order valence-corrected chi connectivity index (χ2v) is 5.86. The van der Waals surface area contributed by atoms with Gasteiger partial charge in [-0.2, -0.15) is 0 Å². The van der Waals surface area contributed by atoms with E-state index in [-0.39, 0.29) is 24.0 Å². The first-order valence-electron chi connectivity index (χ1n) is 8.56. The van der Waals surface area contributed by atoms with Crippen LogP contribution in [0.25, 0.3) is 0 Å². The van der Waals surface area contributed by atoms with Gasteiger partial charge in [0.15, 0.2) is 11.8 Å². The van der Waals surface area contributed by atoms with E-state index < -0.39 is 0 Å². The van der Waals surface area contributed by atoms with Crippen molar-refractivity contribution in [3.63, 3.8) is 0 Å². The summed E-state index contributed by atoms with van der Waals surface area (Å²) in [5, 5.41) is 14.9. The average molecular weight is 451 g/mol. The topological polar surface area (TPSA) is 70.4 Å². The maximum Gasteiger partial charge on any atom is 0.191 e. The molecular formula is C16H34IN7. The second kappa shape index (κ2) is 12.5. The van der Waals surface area contributed by atoms with E-state index in [9.17, 15) is 0 Å². The molecule has 8 heteroatoms. The number of nitrogens with one attached hydrogen (secondary N) is 2. The van der Waals surface area contributed by atoms with E-state index in [0.29, 0.717) is 12.6 Å². The van der Waals surface area contributed by atoms with Gasteiger partial charge in [-0.05, 0) is 46.3 Å². The van der Waals surface area contributed by atoms with Crippen molar-refractivity contribution in [3.05, 3.63) is 11.6 Å². The molecule has 2 N–H and O–H groups in total. The monoisotopic (exact) mass is 451 g/mol. The Morgan fingerprint density at radius 3 is 2.46 bits per heavy atom. The van der Waals surface area contributed by atoms with Gasteiger partial charge >= 0.3 is 0 Å². The van der Waals surface area contributed by atoms with Crippen molar-refractivity contribution in [2.45, 2.75) is 53.1 Å². The maximum absolute atomic E-state index is 4.28. The number of nitrogens with zero attached hydrogens (tertiary/aromatic N) is 5. The molecule has 0 bridgehead atoms. The van der Waals surface area contributed by atoms with Crippen molar-refractivity contribution in [2.75, 3.05) is 26.7 Å². The van der Waals surface area contributed by atoms with Crippen LogP contribution in [0.3, 0.4) is 0 Å². The van der Waals surface area contributed by atoms with Gasteiger partial charge in [0, 0.05) is 20.1 Å². The number of guanidine groups is 1. The summed E-state index contributed by atoms with van der Waals surface area (Å²) in [5.74, 6) is 2.62. The zero-order valence-electron chi connectivity index (χ0n) is 16.0. The third-order valence-corrected chi connectivity index (χ3v) is 4.21. The van der Waals surface area contributed by atoms with Crippen LogP contribution in [-0.4, -0.2) is 58.3 Å². The summed E-state index contributed by atoms with van der Waals surface area (Å²) in [6.07, 6.45) is 2.32. The van der Waals surface area contributed by atoms with Crippen molar-refractivity contribution in [1.29, 1.82) is 0 Å². The van der Waals surface area contributed by atoms with Gasteiger partial charge in [-0.15, -0.1) is 34.2 Å². The van der Waals surface area contributed by atoms with E-state index in [1.54, 1.807) is 7.05 Å². The zero-order chi connectivity index (χ0) is 17.2.